The Morgan fingerprint density at radius 1 is 1.10 bits per heavy atom. The quantitative estimate of drug-likeness (QED) is 0.686. The molecule has 1 N–H and O–H groups in total. The van der Waals surface area contributed by atoms with E-state index in [-0.39, 0.29) is 11.9 Å². The van der Waals surface area contributed by atoms with E-state index in [1.165, 1.54) is 13.0 Å². The first kappa shape index (κ1) is 14.9. The lowest BCUT2D eigenvalue weighted by molar-refractivity contribution is -0.132. The molecule has 0 saturated heterocycles. The fourth-order valence-corrected chi connectivity index (χ4v) is 1.98. The van der Waals surface area contributed by atoms with Crippen molar-refractivity contribution < 1.29 is 19.4 Å². The van der Waals surface area contributed by atoms with Crippen molar-refractivity contribution in [1.29, 1.82) is 0 Å². The molecule has 4 heteroatoms. The Labute approximate surface area is 123 Å². The van der Waals surface area contributed by atoms with Crippen molar-refractivity contribution in [2.75, 3.05) is 0 Å². The number of phenolic OH excluding ortho intramolecular Hbond substituents is 1. The maximum absolute atomic E-state index is 11.2. The molecule has 0 saturated carbocycles. The number of aromatic hydroxyl groups is 1. The third-order valence-electron chi connectivity index (χ3n) is 2.76. The predicted octanol–water partition coefficient (Wildman–Crippen LogP) is 3.77. The van der Waals surface area contributed by atoms with Gasteiger partial charge in [0.25, 0.3) is 0 Å². The first-order valence-corrected chi connectivity index (χ1v) is 6.75. The molecule has 0 heterocycles. The molecule has 110 valence electrons. The topological polar surface area (TPSA) is 55.8 Å². The number of rotatable bonds is 4. The molecule has 21 heavy (non-hydrogen) atoms. The van der Waals surface area contributed by atoms with E-state index in [4.69, 9.17) is 9.47 Å². The van der Waals surface area contributed by atoms with E-state index in [9.17, 15) is 9.90 Å². The Morgan fingerprint density at radius 3 is 2.33 bits per heavy atom. The van der Waals surface area contributed by atoms with Gasteiger partial charge in [0.15, 0.2) is 11.5 Å². The lowest BCUT2D eigenvalue weighted by atomic mass is 10.0. The Bertz CT molecular complexity index is 633. The van der Waals surface area contributed by atoms with Gasteiger partial charge in [0.1, 0.15) is 5.75 Å². The summed E-state index contributed by atoms with van der Waals surface area (Å²) in [5.74, 6) is 0.284. The molecule has 4 nitrogen and oxygen atoms in total. The summed E-state index contributed by atoms with van der Waals surface area (Å²) in [6, 6.07) is 12.5. The van der Waals surface area contributed by atoms with Crippen LogP contribution in [-0.2, 0) is 4.79 Å². The summed E-state index contributed by atoms with van der Waals surface area (Å²) in [6.07, 6.45) is -0.0960. The van der Waals surface area contributed by atoms with E-state index >= 15 is 0 Å². The van der Waals surface area contributed by atoms with Crippen molar-refractivity contribution in [1.82, 2.24) is 0 Å². The molecular weight excluding hydrogens is 268 g/mol. The fourth-order valence-electron chi connectivity index (χ4n) is 1.98. The number of esters is 1. The molecule has 0 bridgehead atoms. The molecule has 0 atom stereocenters. The van der Waals surface area contributed by atoms with Gasteiger partial charge in [0.2, 0.25) is 0 Å². The van der Waals surface area contributed by atoms with Crippen molar-refractivity contribution in [3.63, 3.8) is 0 Å². The highest BCUT2D eigenvalue weighted by molar-refractivity contribution is 5.77. The van der Waals surface area contributed by atoms with Gasteiger partial charge >= 0.3 is 5.97 Å². The van der Waals surface area contributed by atoms with Gasteiger partial charge in [-0.25, -0.2) is 0 Å². The summed E-state index contributed by atoms with van der Waals surface area (Å²) in [5, 5.41) is 10.2. The van der Waals surface area contributed by atoms with Crippen LogP contribution in [-0.4, -0.2) is 17.2 Å². The zero-order chi connectivity index (χ0) is 15.4. The number of carbonyl (C=O) groups is 1. The van der Waals surface area contributed by atoms with Crippen molar-refractivity contribution in [2.24, 2.45) is 0 Å². The molecule has 0 aromatic heterocycles. The minimum absolute atomic E-state index is 0.0766. The van der Waals surface area contributed by atoms with Gasteiger partial charge in [0.05, 0.1) is 6.10 Å². The van der Waals surface area contributed by atoms with Crippen molar-refractivity contribution in [2.45, 2.75) is 26.9 Å². The Hall–Kier alpha value is -2.49. The Kier molecular flexibility index (Phi) is 4.48. The lowest BCUT2D eigenvalue weighted by Gasteiger charge is -2.16. The number of hydrogen-bond donors (Lipinski definition) is 1. The van der Waals surface area contributed by atoms with Gasteiger partial charge in [0, 0.05) is 18.6 Å². The van der Waals surface area contributed by atoms with Crippen LogP contribution < -0.4 is 9.47 Å². The van der Waals surface area contributed by atoms with Gasteiger partial charge < -0.3 is 14.6 Å². The second kappa shape index (κ2) is 6.31. The van der Waals surface area contributed by atoms with E-state index < -0.39 is 5.97 Å². The number of ether oxygens (including phenoxy) is 2. The van der Waals surface area contributed by atoms with Gasteiger partial charge in [-0.3, -0.25) is 4.79 Å². The molecule has 0 fully saturated rings. The molecule has 0 radical (unpaired) electrons. The highest BCUT2D eigenvalue weighted by Gasteiger charge is 2.15. The summed E-state index contributed by atoms with van der Waals surface area (Å²) in [6.45, 7) is 5.05. The zero-order valence-electron chi connectivity index (χ0n) is 12.3. The average Bonchev–Trinajstić information content (AvgIpc) is 2.41. The van der Waals surface area contributed by atoms with E-state index in [0.29, 0.717) is 17.1 Å². The number of phenols is 1. The minimum Gasteiger partial charge on any atom is -0.507 e. The van der Waals surface area contributed by atoms with Crippen LogP contribution in [0.25, 0.3) is 11.1 Å². The van der Waals surface area contributed by atoms with Crippen molar-refractivity contribution >= 4 is 5.97 Å². The molecule has 2 aromatic carbocycles. The van der Waals surface area contributed by atoms with Crippen LogP contribution in [0, 0.1) is 0 Å². The van der Waals surface area contributed by atoms with Gasteiger partial charge in [-0.2, -0.15) is 0 Å². The minimum atomic E-state index is -0.437. The SMILES string of the molecule is CC(=O)Oc1cc(-c2ccccc2)c(O)cc1OC(C)C. The highest BCUT2D eigenvalue weighted by Crippen LogP contribution is 2.40. The van der Waals surface area contributed by atoms with E-state index in [1.54, 1.807) is 6.07 Å². The first-order chi connectivity index (χ1) is 9.97. The first-order valence-electron chi connectivity index (χ1n) is 6.75. The third kappa shape index (κ3) is 3.75. The monoisotopic (exact) mass is 286 g/mol. The highest BCUT2D eigenvalue weighted by atomic mass is 16.6. The van der Waals surface area contributed by atoms with Crippen LogP contribution in [0.2, 0.25) is 0 Å². The van der Waals surface area contributed by atoms with Crippen LogP contribution in [0.15, 0.2) is 42.5 Å². The zero-order valence-corrected chi connectivity index (χ0v) is 12.3. The second-order valence-electron chi connectivity index (χ2n) is 4.94. The number of carbonyl (C=O) groups excluding carboxylic acids is 1. The van der Waals surface area contributed by atoms with Gasteiger partial charge in [-0.1, -0.05) is 30.3 Å². The Balaban J connectivity index is 2.51. The number of benzene rings is 2. The molecule has 0 aliphatic carbocycles. The molecule has 2 aromatic rings. The maximum atomic E-state index is 11.2. The van der Waals surface area contributed by atoms with Crippen LogP contribution >= 0.6 is 0 Å². The summed E-state index contributed by atoms with van der Waals surface area (Å²) >= 11 is 0. The second-order valence-corrected chi connectivity index (χ2v) is 4.94. The van der Waals surface area contributed by atoms with E-state index in [0.717, 1.165) is 5.56 Å². The van der Waals surface area contributed by atoms with Crippen molar-refractivity contribution in [3.8, 4) is 28.4 Å². The fraction of sp³-hybridized carbons (Fsp3) is 0.235. The van der Waals surface area contributed by atoms with Crippen molar-refractivity contribution in [3.05, 3.63) is 42.5 Å². The van der Waals surface area contributed by atoms with Crippen LogP contribution in [0.5, 0.6) is 17.2 Å². The normalized spacial score (nSPS) is 10.5. The summed E-state index contributed by atoms with van der Waals surface area (Å²) in [7, 11) is 0. The third-order valence-corrected chi connectivity index (χ3v) is 2.76. The smallest absolute Gasteiger partial charge is 0.308 e. The van der Waals surface area contributed by atoms with Gasteiger partial charge in [-0.15, -0.1) is 0 Å². The van der Waals surface area contributed by atoms with E-state index in [1.807, 2.05) is 44.2 Å². The largest absolute Gasteiger partial charge is 0.507 e. The van der Waals surface area contributed by atoms with E-state index in [2.05, 4.69) is 0 Å². The molecular formula is C17H18O4. The maximum Gasteiger partial charge on any atom is 0.308 e. The standard InChI is InChI=1S/C17H18O4/c1-11(2)20-17-10-15(19)14(9-16(17)21-12(3)18)13-7-5-4-6-8-13/h4-11,19H,1-3H3. The van der Waals surface area contributed by atoms with Crippen LogP contribution in [0.4, 0.5) is 0 Å². The number of hydrogen-bond acceptors (Lipinski definition) is 4. The summed E-state index contributed by atoms with van der Waals surface area (Å²) in [5.41, 5.74) is 1.42. The molecule has 2 rings (SSSR count). The lowest BCUT2D eigenvalue weighted by Crippen LogP contribution is -2.09. The Morgan fingerprint density at radius 2 is 1.76 bits per heavy atom. The van der Waals surface area contributed by atoms with Crippen LogP contribution in [0.3, 0.4) is 0 Å². The molecule has 0 unspecified atom stereocenters. The van der Waals surface area contributed by atoms with Gasteiger partial charge in [-0.05, 0) is 25.5 Å². The summed E-state index contributed by atoms with van der Waals surface area (Å²) < 4.78 is 10.8. The predicted molar refractivity (Wildman–Crippen MR) is 80.6 cm³/mol. The molecule has 0 aliphatic heterocycles. The average molecular weight is 286 g/mol. The molecule has 0 aliphatic rings. The van der Waals surface area contributed by atoms with Crippen LogP contribution in [0.1, 0.15) is 20.8 Å². The molecule has 0 spiro atoms. The summed E-state index contributed by atoms with van der Waals surface area (Å²) in [4.78, 5) is 11.2. The molecule has 0 amide bonds.